The van der Waals surface area contributed by atoms with Crippen LogP contribution in [-0.4, -0.2) is 10.6 Å². The highest BCUT2D eigenvalue weighted by atomic mass is 16.5. The van der Waals surface area contributed by atoms with Gasteiger partial charge in [0, 0.05) is 12.3 Å². The molecule has 0 radical (unpaired) electrons. The maximum absolute atomic E-state index is 5.69. The van der Waals surface area contributed by atoms with Gasteiger partial charge in [-0.2, -0.15) is 0 Å². The second-order valence-electron chi connectivity index (χ2n) is 6.78. The second kappa shape index (κ2) is 5.07. The molecule has 2 heteroatoms. The topological polar surface area (TPSA) is 22.1 Å². The van der Waals surface area contributed by atoms with Gasteiger partial charge in [0.1, 0.15) is 5.60 Å². The van der Waals surface area contributed by atoms with Crippen molar-refractivity contribution >= 4 is 0 Å². The van der Waals surface area contributed by atoms with Gasteiger partial charge in [-0.05, 0) is 44.6 Å². The quantitative estimate of drug-likeness (QED) is 0.782. The van der Waals surface area contributed by atoms with Gasteiger partial charge in [0.15, 0.2) is 0 Å². The standard InChI is InChI=1S/C15H25NO/c1-14(2,3)10-9-12-7-8-13(16-11-12)17-15(4,5)6/h7-8,11H,9-10H2,1-6H3. The Morgan fingerprint density at radius 1 is 1.06 bits per heavy atom. The van der Waals surface area contributed by atoms with Crippen LogP contribution in [0.5, 0.6) is 5.88 Å². The molecule has 1 rings (SSSR count). The number of aryl methyl sites for hydroxylation is 1. The van der Waals surface area contributed by atoms with E-state index in [1.54, 1.807) is 0 Å². The molecule has 0 unspecified atom stereocenters. The summed E-state index contributed by atoms with van der Waals surface area (Å²) in [4.78, 5) is 4.34. The molecule has 0 aliphatic heterocycles. The average molecular weight is 235 g/mol. The number of rotatable bonds is 3. The molecule has 0 saturated heterocycles. The van der Waals surface area contributed by atoms with E-state index in [4.69, 9.17) is 4.74 Å². The lowest BCUT2D eigenvalue weighted by atomic mass is 9.89. The smallest absolute Gasteiger partial charge is 0.213 e. The highest BCUT2D eigenvalue weighted by molar-refractivity contribution is 5.18. The Kier molecular flexibility index (Phi) is 4.18. The van der Waals surface area contributed by atoms with Gasteiger partial charge in [-0.1, -0.05) is 26.8 Å². The number of nitrogens with zero attached hydrogens (tertiary/aromatic N) is 1. The Bertz CT molecular complexity index is 341. The summed E-state index contributed by atoms with van der Waals surface area (Å²) < 4.78 is 5.69. The molecule has 1 aromatic heterocycles. The third kappa shape index (κ3) is 6.30. The molecule has 2 nitrogen and oxygen atoms in total. The van der Waals surface area contributed by atoms with Gasteiger partial charge in [0.05, 0.1) is 0 Å². The molecule has 0 N–H and O–H groups in total. The largest absolute Gasteiger partial charge is 0.472 e. The zero-order valence-corrected chi connectivity index (χ0v) is 12.0. The summed E-state index contributed by atoms with van der Waals surface area (Å²) in [7, 11) is 0. The molecule has 96 valence electrons. The van der Waals surface area contributed by atoms with Gasteiger partial charge >= 0.3 is 0 Å². The van der Waals surface area contributed by atoms with Crippen molar-refractivity contribution in [1.29, 1.82) is 0 Å². The first-order valence-electron chi connectivity index (χ1n) is 6.30. The maximum Gasteiger partial charge on any atom is 0.213 e. The third-order valence-electron chi connectivity index (χ3n) is 2.37. The van der Waals surface area contributed by atoms with E-state index in [2.05, 4.69) is 31.8 Å². The van der Waals surface area contributed by atoms with Crippen LogP contribution in [0.2, 0.25) is 0 Å². The van der Waals surface area contributed by atoms with Gasteiger partial charge < -0.3 is 4.74 Å². The van der Waals surface area contributed by atoms with E-state index in [0.29, 0.717) is 11.3 Å². The van der Waals surface area contributed by atoms with Crippen LogP contribution < -0.4 is 4.74 Å². The fraction of sp³-hybridized carbons (Fsp3) is 0.667. The van der Waals surface area contributed by atoms with Crippen LogP contribution in [-0.2, 0) is 6.42 Å². The number of hydrogen-bond acceptors (Lipinski definition) is 2. The zero-order valence-electron chi connectivity index (χ0n) is 12.0. The summed E-state index contributed by atoms with van der Waals surface area (Å²) >= 11 is 0. The highest BCUT2D eigenvalue weighted by Crippen LogP contribution is 2.22. The molecule has 0 amide bonds. The summed E-state index contributed by atoms with van der Waals surface area (Å²) in [6, 6.07) is 4.07. The predicted octanol–water partition coefficient (Wildman–Crippen LogP) is 4.24. The van der Waals surface area contributed by atoms with Crippen molar-refractivity contribution < 1.29 is 4.74 Å². The first-order chi connectivity index (χ1) is 7.66. The number of ether oxygens (including phenoxy) is 1. The van der Waals surface area contributed by atoms with Gasteiger partial charge in [0.25, 0.3) is 0 Å². The second-order valence-corrected chi connectivity index (χ2v) is 6.78. The fourth-order valence-electron chi connectivity index (χ4n) is 1.45. The minimum Gasteiger partial charge on any atom is -0.472 e. The van der Waals surface area contributed by atoms with Crippen LogP contribution in [0.4, 0.5) is 0 Å². The fourth-order valence-corrected chi connectivity index (χ4v) is 1.45. The zero-order chi connectivity index (χ0) is 13.1. The van der Waals surface area contributed by atoms with Crippen molar-refractivity contribution in [1.82, 2.24) is 4.98 Å². The van der Waals surface area contributed by atoms with E-state index >= 15 is 0 Å². The molecule has 0 bridgehead atoms. The van der Waals surface area contributed by atoms with Crippen molar-refractivity contribution in [3.8, 4) is 5.88 Å². The van der Waals surface area contributed by atoms with Crippen LogP contribution >= 0.6 is 0 Å². The van der Waals surface area contributed by atoms with Gasteiger partial charge in [-0.15, -0.1) is 0 Å². The monoisotopic (exact) mass is 235 g/mol. The Balaban J connectivity index is 2.56. The summed E-state index contributed by atoms with van der Waals surface area (Å²) in [6.07, 6.45) is 4.17. The van der Waals surface area contributed by atoms with Gasteiger partial charge in [-0.3, -0.25) is 0 Å². The van der Waals surface area contributed by atoms with Crippen LogP contribution in [0.15, 0.2) is 18.3 Å². The Labute approximate surface area is 105 Å². The van der Waals surface area contributed by atoms with Crippen LogP contribution in [0.1, 0.15) is 53.5 Å². The molecule has 17 heavy (non-hydrogen) atoms. The molecule has 1 aromatic rings. The third-order valence-corrected chi connectivity index (χ3v) is 2.37. The lowest BCUT2D eigenvalue weighted by Crippen LogP contribution is -2.23. The van der Waals surface area contributed by atoms with Crippen molar-refractivity contribution in [3.63, 3.8) is 0 Å². The van der Waals surface area contributed by atoms with E-state index in [0.717, 1.165) is 6.42 Å². The molecular weight excluding hydrogens is 210 g/mol. The molecule has 0 fully saturated rings. The van der Waals surface area contributed by atoms with E-state index in [-0.39, 0.29) is 5.60 Å². The molecule has 0 atom stereocenters. The Hall–Kier alpha value is -1.05. The summed E-state index contributed by atoms with van der Waals surface area (Å²) in [6.45, 7) is 12.9. The van der Waals surface area contributed by atoms with E-state index in [1.165, 1.54) is 12.0 Å². The first-order valence-corrected chi connectivity index (χ1v) is 6.30. The highest BCUT2D eigenvalue weighted by Gasteiger charge is 2.13. The average Bonchev–Trinajstić information content (AvgIpc) is 2.13. The molecule has 0 saturated carbocycles. The Morgan fingerprint density at radius 2 is 1.71 bits per heavy atom. The van der Waals surface area contributed by atoms with E-state index in [9.17, 15) is 0 Å². The SMILES string of the molecule is CC(C)(C)CCc1ccc(OC(C)(C)C)nc1. The van der Waals surface area contributed by atoms with Crippen molar-refractivity contribution in [3.05, 3.63) is 23.9 Å². The van der Waals surface area contributed by atoms with Crippen LogP contribution in [0.25, 0.3) is 0 Å². The Morgan fingerprint density at radius 3 is 2.12 bits per heavy atom. The first kappa shape index (κ1) is 14.0. The normalized spacial score (nSPS) is 12.6. The molecule has 0 aliphatic carbocycles. The summed E-state index contributed by atoms with van der Waals surface area (Å²) in [5.74, 6) is 0.706. The molecule has 0 aromatic carbocycles. The van der Waals surface area contributed by atoms with Gasteiger partial charge in [-0.25, -0.2) is 4.98 Å². The number of hydrogen-bond donors (Lipinski definition) is 0. The van der Waals surface area contributed by atoms with Crippen LogP contribution in [0, 0.1) is 5.41 Å². The predicted molar refractivity (Wildman–Crippen MR) is 72.4 cm³/mol. The van der Waals surface area contributed by atoms with E-state index < -0.39 is 0 Å². The molecule has 1 heterocycles. The molecular formula is C15H25NO. The van der Waals surface area contributed by atoms with Gasteiger partial charge in [0.2, 0.25) is 5.88 Å². The maximum atomic E-state index is 5.69. The lowest BCUT2D eigenvalue weighted by Gasteiger charge is -2.20. The summed E-state index contributed by atoms with van der Waals surface area (Å²) in [5, 5.41) is 0. The lowest BCUT2D eigenvalue weighted by molar-refractivity contribution is 0.124. The van der Waals surface area contributed by atoms with Crippen molar-refractivity contribution in [2.45, 2.75) is 60.0 Å². The minimum absolute atomic E-state index is 0.181. The molecule has 0 aliphatic rings. The van der Waals surface area contributed by atoms with E-state index in [1.807, 2.05) is 33.0 Å². The van der Waals surface area contributed by atoms with Crippen LogP contribution in [0.3, 0.4) is 0 Å². The minimum atomic E-state index is -0.181. The van der Waals surface area contributed by atoms with Crippen molar-refractivity contribution in [2.75, 3.05) is 0 Å². The molecule has 0 spiro atoms. The van der Waals surface area contributed by atoms with Crippen molar-refractivity contribution in [2.24, 2.45) is 5.41 Å². The number of pyridine rings is 1. The number of aromatic nitrogens is 1. The summed E-state index contributed by atoms with van der Waals surface area (Å²) in [5.41, 5.74) is 1.47.